The first-order valence-electron chi connectivity index (χ1n) is 7.77. The predicted molar refractivity (Wildman–Crippen MR) is 80.5 cm³/mol. The first kappa shape index (κ1) is 24.6. The monoisotopic (exact) mass is 310 g/mol. The van der Waals surface area contributed by atoms with Gasteiger partial charge in [0.25, 0.3) is 0 Å². The molecular formula is C17H36Cl2-2. The first-order valence-corrected chi connectivity index (χ1v) is 7.77. The van der Waals surface area contributed by atoms with E-state index in [0.29, 0.717) is 10.8 Å². The molecule has 0 bridgehead atoms. The van der Waals surface area contributed by atoms with Gasteiger partial charge in [-0.25, -0.2) is 0 Å². The molecule has 0 N–H and O–H groups in total. The summed E-state index contributed by atoms with van der Waals surface area (Å²) in [7, 11) is 0. The van der Waals surface area contributed by atoms with Crippen molar-refractivity contribution in [2.45, 2.75) is 99.3 Å². The standard InChI is InChI=1S/C17H36.2ClH/c1-7-8-9-10-11-14-17(5,6)15-12-13-16(2,3)4;;/h7-15H2,1-6H3;2*1H/p-2. The molecule has 0 heterocycles. The molecule has 2 heteroatoms. The van der Waals surface area contributed by atoms with E-state index < -0.39 is 0 Å². The number of halogens is 2. The van der Waals surface area contributed by atoms with Gasteiger partial charge in [0.15, 0.2) is 0 Å². The summed E-state index contributed by atoms with van der Waals surface area (Å²) >= 11 is 0. The molecule has 0 nitrogen and oxygen atoms in total. The molecule has 0 atom stereocenters. The van der Waals surface area contributed by atoms with Gasteiger partial charge >= 0.3 is 0 Å². The SMILES string of the molecule is CCCCCCCC(C)(C)CCCC(C)(C)C.[Cl-].[Cl-]. The second-order valence-corrected chi connectivity index (χ2v) is 7.74. The topological polar surface area (TPSA) is 0 Å². The third-order valence-corrected chi connectivity index (χ3v) is 3.74. The van der Waals surface area contributed by atoms with Gasteiger partial charge in [-0.15, -0.1) is 0 Å². The zero-order valence-corrected chi connectivity index (χ0v) is 15.6. The fourth-order valence-corrected chi connectivity index (χ4v) is 2.43. The summed E-state index contributed by atoms with van der Waals surface area (Å²) in [5.41, 5.74) is 1.08. The normalized spacial score (nSPS) is 11.7. The van der Waals surface area contributed by atoms with Crippen LogP contribution in [-0.2, 0) is 0 Å². The minimum Gasteiger partial charge on any atom is -1.00 e. The highest BCUT2D eigenvalue weighted by atomic mass is 35.5. The maximum Gasteiger partial charge on any atom is -0.0354 e. The van der Waals surface area contributed by atoms with Crippen LogP contribution in [0.5, 0.6) is 0 Å². The minimum atomic E-state index is 0. The van der Waals surface area contributed by atoms with Crippen LogP contribution in [0.3, 0.4) is 0 Å². The highest BCUT2D eigenvalue weighted by Crippen LogP contribution is 2.32. The molecule has 0 aromatic carbocycles. The molecule has 0 spiro atoms. The molecule has 0 amide bonds. The van der Waals surface area contributed by atoms with Gasteiger partial charge in [0.1, 0.15) is 0 Å². The highest BCUT2D eigenvalue weighted by Gasteiger charge is 2.18. The van der Waals surface area contributed by atoms with Gasteiger partial charge in [0, 0.05) is 0 Å². The van der Waals surface area contributed by atoms with Crippen molar-refractivity contribution in [3.63, 3.8) is 0 Å². The summed E-state index contributed by atoms with van der Waals surface area (Å²) in [6.45, 7) is 14.3. The van der Waals surface area contributed by atoms with Crippen LogP contribution >= 0.6 is 0 Å². The van der Waals surface area contributed by atoms with Gasteiger partial charge < -0.3 is 24.8 Å². The summed E-state index contributed by atoms with van der Waals surface area (Å²) in [4.78, 5) is 0. The summed E-state index contributed by atoms with van der Waals surface area (Å²) < 4.78 is 0. The zero-order chi connectivity index (χ0) is 13.4. The lowest BCUT2D eigenvalue weighted by Crippen LogP contribution is -3.00. The van der Waals surface area contributed by atoms with E-state index in [0.717, 1.165) is 0 Å². The van der Waals surface area contributed by atoms with Gasteiger partial charge in [0.05, 0.1) is 0 Å². The minimum absolute atomic E-state index is 0. The number of hydrogen-bond donors (Lipinski definition) is 0. The van der Waals surface area contributed by atoms with Crippen LogP contribution in [0.2, 0.25) is 0 Å². The van der Waals surface area contributed by atoms with Crippen molar-refractivity contribution in [2.75, 3.05) is 0 Å². The smallest absolute Gasteiger partial charge is 0.0354 e. The Morgan fingerprint density at radius 3 is 1.53 bits per heavy atom. The van der Waals surface area contributed by atoms with E-state index in [1.165, 1.54) is 57.8 Å². The quantitative estimate of drug-likeness (QED) is 0.547. The second-order valence-electron chi connectivity index (χ2n) is 7.74. The van der Waals surface area contributed by atoms with Crippen molar-refractivity contribution in [1.82, 2.24) is 0 Å². The van der Waals surface area contributed by atoms with Crippen molar-refractivity contribution in [3.05, 3.63) is 0 Å². The fourth-order valence-electron chi connectivity index (χ4n) is 2.43. The van der Waals surface area contributed by atoms with E-state index in [9.17, 15) is 0 Å². The van der Waals surface area contributed by atoms with Gasteiger partial charge in [-0.05, 0) is 30.1 Å². The molecule has 0 aromatic heterocycles. The van der Waals surface area contributed by atoms with Gasteiger partial charge in [-0.1, -0.05) is 80.1 Å². The molecule has 0 fully saturated rings. The van der Waals surface area contributed by atoms with E-state index in [2.05, 4.69) is 41.5 Å². The molecular weight excluding hydrogens is 275 g/mol. The van der Waals surface area contributed by atoms with Crippen LogP contribution in [0.15, 0.2) is 0 Å². The molecule has 0 aromatic rings. The largest absolute Gasteiger partial charge is 1.00 e. The van der Waals surface area contributed by atoms with Gasteiger partial charge in [-0.2, -0.15) is 0 Å². The molecule has 0 radical (unpaired) electrons. The molecule has 0 rings (SSSR count). The van der Waals surface area contributed by atoms with Crippen molar-refractivity contribution in [2.24, 2.45) is 10.8 Å². The molecule has 0 aliphatic heterocycles. The number of hydrogen-bond acceptors (Lipinski definition) is 0. The van der Waals surface area contributed by atoms with Gasteiger partial charge in [-0.3, -0.25) is 0 Å². The zero-order valence-electron chi connectivity index (χ0n) is 14.1. The summed E-state index contributed by atoms with van der Waals surface area (Å²) in [5.74, 6) is 0. The number of unbranched alkanes of at least 4 members (excludes halogenated alkanes) is 4. The van der Waals surface area contributed by atoms with Crippen molar-refractivity contribution in [3.8, 4) is 0 Å². The van der Waals surface area contributed by atoms with Crippen molar-refractivity contribution in [1.29, 1.82) is 0 Å². The lowest BCUT2D eigenvalue weighted by molar-refractivity contribution is -0.00100. The maximum absolute atomic E-state index is 2.45. The fraction of sp³-hybridized carbons (Fsp3) is 1.00. The summed E-state index contributed by atoms with van der Waals surface area (Å²) in [6.07, 6.45) is 12.7. The Morgan fingerprint density at radius 2 is 1.05 bits per heavy atom. The highest BCUT2D eigenvalue weighted by molar-refractivity contribution is 4.71. The van der Waals surface area contributed by atoms with Crippen LogP contribution < -0.4 is 24.8 Å². The van der Waals surface area contributed by atoms with Crippen LogP contribution in [0, 0.1) is 10.8 Å². The maximum atomic E-state index is 2.45. The van der Waals surface area contributed by atoms with E-state index in [1.54, 1.807) is 0 Å². The van der Waals surface area contributed by atoms with Crippen LogP contribution in [0.4, 0.5) is 0 Å². The Morgan fingerprint density at radius 1 is 0.579 bits per heavy atom. The molecule has 120 valence electrons. The second kappa shape index (κ2) is 12.3. The van der Waals surface area contributed by atoms with Crippen LogP contribution in [-0.4, -0.2) is 0 Å². The lowest BCUT2D eigenvalue weighted by Gasteiger charge is -2.27. The summed E-state index contributed by atoms with van der Waals surface area (Å²) in [6, 6.07) is 0. The first-order chi connectivity index (χ1) is 7.77. The van der Waals surface area contributed by atoms with E-state index >= 15 is 0 Å². The third kappa shape index (κ3) is 18.6. The van der Waals surface area contributed by atoms with E-state index in [-0.39, 0.29) is 24.8 Å². The molecule has 0 unspecified atom stereocenters. The molecule has 0 aliphatic carbocycles. The van der Waals surface area contributed by atoms with Gasteiger partial charge in [0.2, 0.25) is 0 Å². The predicted octanol–water partition coefficient (Wildman–Crippen LogP) is 0.598. The third-order valence-electron chi connectivity index (χ3n) is 3.74. The Bertz CT molecular complexity index is 180. The Kier molecular flexibility index (Phi) is 16.0. The molecule has 0 saturated heterocycles. The molecule has 0 aliphatic rings. The van der Waals surface area contributed by atoms with Crippen LogP contribution in [0.1, 0.15) is 99.3 Å². The van der Waals surface area contributed by atoms with Crippen LogP contribution in [0.25, 0.3) is 0 Å². The van der Waals surface area contributed by atoms with E-state index in [4.69, 9.17) is 0 Å². The molecule has 0 saturated carbocycles. The Balaban J connectivity index is -0.00000128. The summed E-state index contributed by atoms with van der Waals surface area (Å²) in [5, 5.41) is 0. The molecule has 19 heavy (non-hydrogen) atoms. The Labute approximate surface area is 135 Å². The number of rotatable bonds is 9. The van der Waals surface area contributed by atoms with Crippen molar-refractivity contribution < 1.29 is 24.8 Å². The lowest BCUT2D eigenvalue weighted by atomic mass is 9.79. The van der Waals surface area contributed by atoms with E-state index in [1.807, 2.05) is 0 Å². The van der Waals surface area contributed by atoms with Crippen molar-refractivity contribution >= 4 is 0 Å². The Hall–Kier alpha value is 0.580. The average molecular weight is 311 g/mol. The average Bonchev–Trinajstić information content (AvgIpc) is 2.14.